The lowest BCUT2D eigenvalue weighted by molar-refractivity contribution is 0.177. The van der Waals surface area contributed by atoms with Crippen LogP contribution in [0.1, 0.15) is 35.0 Å². The minimum atomic E-state index is 0.455. The number of hydrogen-bond donors (Lipinski definition) is 1. The zero-order valence-electron chi connectivity index (χ0n) is 13.0. The molecule has 2 aliphatic rings. The Kier molecular flexibility index (Phi) is 3.34. The molecule has 1 fully saturated rings. The van der Waals surface area contributed by atoms with Gasteiger partial charge in [0.25, 0.3) is 0 Å². The van der Waals surface area contributed by atoms with Crippen LogP contribution in [0.5, 0.6) is 0 Å². The number of nitrogens with one attached hydrogen (secondary N) is 1. The maximum Gasteiger partial charge on any atom is 0.156 e. The minimum absolute atomic E-state index is 0.455. The zero-order valence-corrected chi connectivity index (χ0v) is 13.0. The first kappa shape index (κ1) is 13.7. The van der Waals surface area contributed by atoms with Crippen molar-refractivity contribution in [3.8, 4) is 0 Å². The van der Waals surface area contributed by atoms with Gasteiger partial charge in [-0.2, -0.15) is 0 Å². The predicted molar refractivity (Wildman–Crippen MR) is 85.9 cm³/mol. The van der Waals surface area contributed by atoms with E-state index in [1.165, 1.54) is 24.0 Å². The Bertz CT molecular complexity index is 700. The number of aryl methyl sites for hydroxylation is 2. The Morgan fingerprint density at radius 1 is 1.27 bits per heavy atom. The van der Waals surface area contributed by atoms with Gasteiger partial charge in [-0.3, -0.25) is 0 Å². The molecule has 1 aromatic heterocycles. The molecule has 4 rings (SSSR count). The van der Waals surface area contributed by atoms with E-state index in [-0.39, 0.29) is 0 Å². The van der Waals surface area contributed by atoms with Crippen molar-refractivity contribution < 1.29 is 4.74 Å². The van der Waals surface area contributed by atoms with Gasteiger partial charge >= 0.3 is 0 Å². The summed E-state index contributed by atoms with van der Waals surface area (Å²) in [6.07, 6.45) is 2.47. The van der Waals surface area contributed by atoms with Crippen LogP contribution in [0.4, 0.5) is 5.82 Å². The molecule has 2 aromatic rings. The second-order valence-electron chi connectivity index (χ2n) is 6.34. The molecule has 114 valence electrons. The molecule has 0 bridgehead atoms. The molecule has 0 amide bonds. The number of hydrogen-bond acceptors (Lipinski definition) is 4. The molecule has 2 aliphatic carbocycles. The SMILES string of the molecule is COCc1nc(C)cc(NC2C3CCc4ccccc4C32)n1. The van der Waals surface area contributed by atoms with Crippen molar-refractivity contribution in [2.45, 2.75) is 38.3 Å². The van der Waals surface area contributed by atoms with Crippen LogP contribution in [-0.4, -0.2) is 23.1 Å². The monoisotopic (exact) mass is 295 g/mol. The Balaban J connectivity index is 1.54. The molecule has 4 nitrogen and oxygen atoms in total. The molecule has 1 saturated carbocycles. The van der Waals surface area contributed by atoms with Gasteiger partial charge < -0.3 is 10.1 Å². The summed E-state index contributed by atoms with van der Waals surface area (Å²) >= 11 is 0. The van der Waals surface area contributed by atoms with E-state index >= 15 is 0 Å². The number of methoxy groups -OCH3 is 1. The van der Waals surface area contributed by atoms with Crippen molar-refractivity contribution >= 4 is 5.82 Å². The summed E-state index contributed by atoms with van der Waals surface area (Å²) in [4.78, 5) is 8.97. The third kappa shape index (κ3) is 2.37. The van der Waals surface area contributed by atoms with E-state index in [0.717, 1.165) is 23.3 Å². The highest BCUT2D eigenvalue weighted by molar-refractivity contribution is 5.48. The highest BCUT2D eigenvalue weighted by Crippen LogP contribution is 2.55. The summed E-state index contributed by atoms with van der Waals surface area (Å²) in [5, 5.41) is 3.63. The van der Waals surface area contributed by atoms with Gasteiger partial charge in [-0.1, -0.05) is 24.3 Å². The van der Waals surface area contributed by atoms with Gasteiger partial charge in [0.05, 0.1) is 0 Å². The van der Waals surface area contributed by atoms with Crippen LogP contribution >= 0.6 is 0 Å². The first-order chi connectivity index (χ1) is 10.8. The fourth-order valence-electron chi connectivity index (χ4n) is 3.83. The van der Waals surface area contributed by atoms with Crippen LogP contribution in [0.3, 0.4) is 0 Å². The summed E-state index contributed by atoms with van der Waals surface area (Å²) in [6.45, 7) is 2.46. The average Bonchev–Trinajstić information content (AvgIpc) is 3.20. The van der Waals surface area contributed by atoms with Gasteiger partial charge in [-0.25, -0.2) is 9.97 Å². The van der Waals surface area contributed by atoms with E-state index in [2.05, 4.69) is 39.6 Å². The highest BCUT2D eigenvalue weighted by atomic mass is 16.5. The van der Waals surface area contributed by atoms with Gasteiger partial charge in [0, 0.05) is 30.8 Å². The van der Waals surface area contributed by atoms with Crippen molar-refractivity contribution in [2.75, 3.05) is 12.4 Å². The van der Waals surface area contributed by atoms with Crippen LogP contribution in [0.15, 0.2) is 30.3 Å². The number of rotatable bonds is 4. The van der Waals surface area contributed by atoms with E-state index in [4.69, 9.17) is 4.74 Å². The van der Waals surface area contributed by atoms with E-state index in [1.807, 2.05) is 13.0 Å². The first-order valence-corrected chi connectivity index (χ1v) is 7.94. The standard InChI is InChI=1S/C18H21N3O/c1-11-9-15(20-16(19-11)10-22-2)21-18-14-8-7-12-5-3-4-6-13(12)17(14)18/h3-6,9,14,17-18H,7-8,10H2,1-2H3,(H,19,20,21). The largest absolute Gasteiger partial charge is 0.377 e. The number of fused-ring (bicyclic) bond motifs is 3. The highest BCUT2D eigenvalue weighted by Gasteiger charge is 2.53. The van der Waals surface area contributed by atoms with Gasteiger partial charge in [0.1, 0.15) is 12.4 Å². The summed E-state index contributed by atoms with van der Waals surface area (Å²) < 4.78 is 5.15. The fraction of sp³-hybridized carbons (Fsp3) is 0.444. The number of aromatic nitrogens is 2. The maximum absolute atomic E-state index is 5.15. The van der Waals surface area contributed by atoms with E-state index in [9.17, 15) is 0 Å². The van der Waals surface area contributed by atoms with Crippen LogP contribution < -0.4 is 5.32 Å². The lowest BCUT2D eigenvalue weighted by Crippen LogP contribution is -2.10. The second-order valence-corrected chi connectivity index (χ2v) is 6.34. The third-order valence-corrected chi connectivity index (χ3v) is 4.82. The topological polar surface area (TPSA) is 47.0 Å². The van der Waals surface area contributed by atoms with E-state index in [0.29, 0.717) is 18.6 Å². The summed E-state index contributed by atoms with van der Waals surface area (Å²) in [6, 6.07) is 11.4. The summed E-state index contributed by atoms with van der Waals surface area (Å²) in [5.41, 5.74) is 4.03. The predicted octanol–water partition coefficient (Wildman–Crippen LogP) is 3.07. The zero-order chi connectivity index (χ0) is 15.1. The Morgan fingerprint density at radius 3 is 3.00 bits per heavy atom. The van der Waals surface area contributed by atoms with Gasteiger partial charge in [0.15, 0.2) is 5.82 Å². The van der Waals surface area contributed by atoms with Crippen LogP contribution in [0.25, 0.3) is 0 Å². The van der Waals surface area contributed by atoms with E-state index in [1.54, 1.807) is 7.11 Å². The Hall–Kier alpha value is -1.94. The van der Waals surface area contributed by atoms with E-state index < -0.39 is 0 Å². The quantitative estimate of drug-likeness (QED) is 0.941. The number of ether oxygens (including phenoxy) is 1. The number of anilines is 1. The molecule has 0 radical (unpaired) electrons. The van der Waals surface area contributed by atoms with Crippen LogP contribution in [0, 0.1) is 12.8 Å². The van der Waals surface area contributed by atoms with Crippen molar-refractivity contribution in [2.24, 2.45) is 5.92 Å². The Labute approximate surface area is 130 Å². The molecule has 1 aromatic carbocycles. The summed E-state index contributed by atoms with van der Waals surface area (Å²) in [5.74, 6) is 3.06. The minimum Gasteiger partial charge on any atom is -0.377 e. The van der Waals surface area contributed by atoms with Gasteiger partial charge in [-0.15, -0.1) is 0 Å². The van der Waals surface area contributed by atoms with Gasteiger partial charge in [0.2, 0.25) is 0 Å². The van der Waals surface area contributed by atoms with Crippen LogP contribution in [-0.2, 0) is 17.8 Å². The third-order valence-electron chi connectivity index (χ3n) is 4.82. The molecule has 0 aliphatic heterocycles. The lowest BCUT2D eigenvalue weighted by Gasteiger charge is -2.13. The molecule has 0 saturated heterocycles. The van der Waals surface area contributed by atoms with Gasteiger partial charge in [-0.05, 0) is 36.8 Å². The Morgan fingerprint density at radius 2 is 2.14 bits per heavy atom. The maximum atomic E-state index is 5.15. The van der Waals surface area contributed by atoms with Crippen molar-refractivity contribution in [3.63, 3.8) is 0 Å². The first-order valence-electron chi connectivity index (χ1n) is 7.94. The molecule has 1 N–H and O–H groups in total. The molecule has 1 heterocycles. The van der Waals surface area contributed by atoms with Crippen LogP contribution in [0.2, 0.25) is 0 Å². The van der Waals surface area contributed by atoms with Crippen molar-refractivity contribution in [1.29, 1.82) is 0 Å². The van der Waals surface area contributed by atoms with Crippen molar-refractivity contribution in [1.82, 2.24) is 9.97 Å². The lowest BCUT2D eigenvalue weighted by atomic mass is 9.92. The molecule has 3 unspecified atom stereocenters. The number of benzene rings is 1. The molecular formula is C18H21N3O. The number of nitrogens with zero attached hydrogens (tertiary/aromatic N) is 2. The molecule has 0 spiro atoms. The second kappa shape index (κ2) is 5.36. The smallest absolute Gasteiger partial charge is 0.156 e. The molecular weight excluding hydrogens is 274 g/mol. The molecule has 4 heteroatoms. The normalized spacial score (nSPS) is 25.3. The fourth-order valence-corrected chi connectivity index (χ4v) is 3.83. The molecule has 3 atom stereocenters. The summed E-state index contributed by atoms with van der Waals surface area (Å²) in [7, 11) is 1.67. The van der Waals surface area contributed by atoms with Crippen molar-refractivity contribution in [3.05, 3.63) is 53.0 Å². The average molecular weight is 295 g/mol. The molecule has 22 heavy (non-hydrogen) atoms.